The Kier molecular flexibility index (Phi) is 7.01. The van der Waals surface area contributed by atoms with E-state index in [-0.39, 0.29) is 0 Å². The Bertz CT molecular complexity index is 611. The van der Waals surface area contributed by atoms with E-state index in [1.165, 1.54) is 12.1 Å². The van der Waals surface area contributed by atoms with E-state index in [1.54, 1.807) is 38.2 Å². The molecular weight excluding hydrogens is 407 g/mol. The number of carbonyl (C=O) groups is 2. The van der Waals surface area contributed by atoms with E-state index >= 15 is 0 Å². The van der Waals surface area contributed by atoms with E-state index in [0.29, 0.717) is 10.0 Å². The molecule has 1 amide bonds. The zero-order chi connectivity index (χ0) is 19.4. The van der Waals surface area contributed by atoms with E-state index in [4.69, 9.17) is 4.74 Å². The zero-order valence-electron chi connectivity index (χ0n) is 13.9. The summed E-state index contributed by atoms with van der Waals surface area (Å²) in [5, 5.41) is 11.3. The van der Waals surface area contributed by atoms with Crippen molar-refractivity contribution in [2.75, 3.05) is 6.61 Å². The molecule has 0 bridgehead atoms. The number of nitrogens with one attached hydrogen (secondary N) is 1. The Morgan fingerprint density at radius 1 is 1.20 bits per heavy atom. The molecule has 0 aliphatic rings. The van der Waals surface area contributed by atoms with Gasteiger partial charge in [-0.2, -0.15) is 13.2 Å². The van der Waals surface area contributed by atoms with Gasteiger partial charge in [0.1, 0.15) is 11.6 Å². The number of ether oxygens (including phenoxy) is 1. The molecule has 1 aromatic rings. The number of carbonyl (C=O) groups excluding carboxylic acids is 2. The molecule has 0 aliphatic heterocycles. The number of amides is 1. The SMILES string of the molecule is CC(C)(C)OC(=O)[C@H](NC(=O)C(F)(F)F)[C@@H](CO)c1ccc(Br)cc1. The van der Waals surface area contributed by atoms with Gasteiger partial charge in [-0.3, -0.25) is 4.79 Å². The van der Waals surface area contributed by atoms with Crippen molar-refractivity contribution in [2.24, 2.45) is 0 Å². The molecule has 0 saturated heterocycles. The number of rotatable bonds is 5. The van der Waals surface area contributed by atoms with E-state index in [9.17, 15) is 27.9 Å². The van der Waals surface area contributed by atoms with Gasteiger partial charge in [0.25, 0.3) is 0 Å². The first-order chi connectivity index (χ1) is 11.3. The monoisotopic (exact) mass is 425 g/mol. The molecule has 0 heterocycles. The van der Waals surface area contributed by atoms with Crippen LogP contribution in [0.4, 0.5) is 13.2 Å². The van der Waals surface area contributed by atoms with Gasteiger partial charge >= 0.3 is 18.1 Å². The smallest absolute Gasteiger partial charge is 0.458 e. The lowest BCUT2D eigenvalue weighted by Crippen LogP contribution is -2.52. The van der Waals surface area contributed by atoms with Crippen molar-refractivity contribution in [2.45, 2.75) is 44.5 Å². The summed E-state index contributed by atoms with van der Waals surface area (Å²) in [5.41, 5.74) is -0.595. The van der Waals surface area contributed by atoms with Gasteiger partial charge in [0.05, 0.1) is 6.61 Å². The molecule has 1 rings (SSSR count). The number of esters is 1. The van der Waals surface area contributed by atoms with E-state index in [0.717, 1.165) is 0 Å². The predicted molar refractivity (Wildman–Crippen MR) is 87.8 cm³/mol. The molecule has 9 heteroatoms. The first-order valence-corrected chi connectivity index (χ1v) is 8.11. The lowest BCUT2D eigenvalue weighted by Gasteiger charge is -2.29. The minimum atomic E-state index is -5.17. The third kappa shape index (κ3) is 6.66. The molecule has 0 radical (unpaired) electrons. The normalized spacial score (nSPS) is 14.6. The van der Waals surface area contributed by atoms with Gasteiger partial charge < -0.3 is 15.2 Å². The fraction of sp³-hybridized carbons (Fsp3) is 0.500. The third-order valence-corrected chi connectivity index (χ3v) is 3.63. The zero-order valence-corrected chi connectivity index (χ0v) is 15.4. The summed E-state index contributed by atoms with van der Waals surface area (Å²) >= 11 is 3.22. The maximum atomic E-state index is 12.6. The first-order valence-electron chi connectivity index (χ1n) is 7.32. The second-order valence-corrected chi connectivity index (χ2v) is 7.24. The van der Waals surface area contributed by atoms with Gasteiger partial charge in [0, 0.05) is 10.4 Å². The van der Waals surface area contributed by atoms with Crippen molar-refractivity contribution in [1.29, 1.82) is 0 Å². The minimum absolute atomic E-state index is 0.379. The third-order valence-electron chi connectivity index (χ3n) is 3.10. The van der Waals surface area contributed by atoms with Crippen molar-refractivity contribution in [3.63, 3.8) is 0 Å². The molecule has 2 atom stereocenters. The first kappa shape index (κ1) is 21.4. The molecule has 0 saturated carbocycles. The summed E-state index contributed by atoms with van der Waals surface area (Å²) in [5.74, 6) is -4.44. The van der Waals surface area contributed by atoms with E-state index in [2.05, 4.69) is 15.9 Å². The molecule has 25 heavy (non-hydrogen) atoms. The highest BCUT2D eigenvalue weighted by Gasteiger charge is 2.43. The van der Waals surface area contributed by atoms with Crippen LogP contribution in [0.2, 0.25) is 0 Å². The lowest BCUT2D eigenvalue weighted by molar-refractivity contribution is -0.177. The van der Waals surface area contributed by atoms with E-state index in [1.807, 2.05) is 0 Å². The summed E-state index contributed by atoms with van der Waals surface area (Å²) in [7, 11) is 0. The Balaban J connectivity index is 3.20. The number of benzene rings is 1. The van der Waals surface area contributed by atoms with Crippen LogP contribution in [-0.4, -0.2) is 41.4 Å². The number of hydrogen-bond acceptors (Lipinski definition) is 4. The number of aliphatic hydroxyl groups is 1. The molecule has 0 aromatic heterocycles. The van der Waals surface area contributed by atoms with Gasteiger partial charge in [-0.05, 0) is 38.5 Å². The Labute approximate surface area is 151 Å². The highest BCUT2D eigenvalue weighted by atomic mass is 79.9. The summed E-state index contributed by atoms with van der Waals surface area (Å²) in [6.07, 6.45) is -5.17. The topological polar surface area (TPSA) is 75.6 Å². The molecule has 0 spiro atoms. The van der Waals surface area contributed by atoms with Crippen LogP contribution in [0.5, 0.6) is 0 Å². The van der Waals surface area contributed by atoms with Crippen molar-refractivity contribution in [1.82, 2.24) is 5.32 Å². The molecule has 2 N–H and O–H groups in total. The Hall–Kier alpha value is -1.61. The van der Waals surface area contributed by atoms with Gasteiger partial charge in [-0.25, -0.2) is 4.79 Å². The van der Waals surface area contributed by atoms with Crippen LogP contribution in [0.1, 0.15) is 32.3 Å². The van der Waals surface area contributed by atoms with Crippen LogP contribution >= 0.6 is 15.9 Å². The Morgan fingerprint density at radius 3 is 2.12 bits per heavy atom. The summed E-state index contributed by atoms with van der Waals surface area (Å²) in [6.45, 7) is 3.97. The van der Waals surface area contributed by atoms with Crippen molar-refractivity contribution >= 4 is 27.8 Å². The van der Waals surface area contributed by atoms with Crippen molar-refractivity contribution < 1.29 is 32.6 Å². The maximum Gasteiger partial charge on any atom is 0.471 e. The molecular formula is C16H19BrF3NO4. The van der Waals surface area contributed by atoms with Crippen LogP contribution < -0.4 is 5.32 Å². The number of hydrogen-bond donors (Lipinski definition) is 2. The average molecular weight is 426 g/mol. The average Bonchev–Trinajstić information content (AvgIpc) is 2.45. The quantitative estimate of drug-likeness (QED) is 0.711. The summed E-state index contributed by atoms with van der Waals surface area (Å²) in [6, 6.07) is 4.58. The second kappa shape index (κ2) is 8.18. The second-order valence-electron chi connectivity index (χ2n) is 6.32. The highest BCUT2D eigenvalue weighted by molar-refractivity contribution is 9.10. The number of aliphatic hydroxyl groups excluding tert-OH is 1. The molecule has 0 aliphatic carbocycles. The molecule has 0 unspecified atom stereocenters. The van der Waals surface area contributed by atoms with E-state index < -0.39 is 42.2 Å². The van der Waals surface area contributed by atoms with Gasteiger partial charge in [-0.15, -0.1) is 0 Å². The van der Waals surface area contributed by atoms with Crippen molar-refractivity contribution in [3.05, 3.63) is 34.3 Å². The molecule has 1 aromatic carbocycles. The Morgan fingerprint density at radius 2 is 1.72 bits per heavy atom. The lowest BCUT2D eigenvalue weighted by atomic mass is 9.91. The standard InChI is InChI=1S/C16H19BrF3NO4/c1-15(2,3)25-13(23)12(21-14(24)16(18,19)20)11(8-22)9-4-6-10(17)7-5-9/h4-7,11-12,22H,8H2,1-3H3,(H,21,24)/t11-,12+/m0/s1. The molecule has 0 fully saturated rings. The van der Waals surface area contributed by atoms with Crippen LogP contribution in [-0.2, 0) is 14.3 Å². The van der Waals surface area contributed by atoms with Gasteiger partial charge in [-0.1, -0.05) is 28.1 Å². The maximum absolute atomic E-state index is 12.6. The van der Waals surface area contributed by atoms with Crippen molar-refractivity contribution in [3.8, 4) is 0 Å². The van der Waals surface area contributed by atoms with Crippen LogP contribution in [0.25, 0.3) is 0 Å². The minimum Gasteiger partial charge on any atom is -0.458 e. The van der Waals surface area contributed by atoms with Crippen LogP contribution in [0.3, 0.4) is 0 Å². The van der Waals surface area contributed by atoms with Crippen LogP contribution in [0, 0.1) is 0 Å². The highest BCUT2D eigenvalue weighted by Crippen LogP contribution is 2.25. The summed E-state index contributed by atoms with van der Waals surface area (Å²) < 4.78 is 43.6. The van der Waals surface area contributed by atoms with Gasteiger partial charge in [0.15, 0.2) is 0 Å². The van der Waals surface area contributed by atoms with Crippen LogP contribution in [0.15, 0.2) is 28.7 Å². The predicted octanol–water partition coefficient (Wildman–Crippen LogP) is 2.91. The number of alkyl halides is 3. The van der Waals surface area contributed by atoms with Gasteiger partial charge in [0.2, 0.25) is 0 Å². The largest absolute Gasteiger partial charge is 0.471 e. The fourth-order valence-electron chi connectivity index (χ4n) is 2.03. The molecule has 140 valence electrons. The fourth-order valence-corrected chi connectivity index (χ4v) is 2.29. The number of halogens is 4. The molecule has 5 nitrogen and oxygen atoms in total. The summed E-state index contributed by atoms with van der Waals surface area (Å²) in [4.78, 5) is 23.7.